The zero-order valence-electron chi connectivity index (χ0n) is 20.0. The Morgan fingerprint density at radius 1 is 1.16 bits per heavy atom. The summed E-state index contributed by atoms with van der Waals surface area (Å²) in [5.74, 6) is 0.676. The second kappa shape index (κ2) is 10.8. The van der Waals surface area contributed by atoms with Crippen molar-refractivity contribution in [1.29, 1.82) is 0 Å². The molecule has 3 N–H and O–H groups in total. The van der Waals surface area contributed by atoms with Crippen LogP contribution in [0, 0.1) is 17.3 Å². The highest BCUT2D eigenvalue weighted by Gasteiger charge is 2.41. The van der Waals surface area contributed by atoms with Crippen LogP contribution in [0.1, 0.15) is 60.8 Å². The zero-order chi connectivity index (χ0) is 23.2. The van der Waals surface area contributed by atoms with Gasteiger partial charge in [-0.3, -0.25) is 9.59 Å². The van der Waals surface area contributed by atoms with Crippen LogP contribution in [0.5, 0.6) is 0 Å². The van der Waals surface area contributed by atoms with Gasteiger partial charge in [-0.25, -0.2) is 4.79 Å². The molecule has 0 aromatic heterocycles. The standard InChI is InChI=1S/C24H40N4O3/c1-16(2)19-12-17(3)28(15-19)22(30)21(24(4,5)6)27-23(31)26-14-20(29)25-13-18-10-8-7-9-11-18/h8,10-11,16-17,19,21H,7,9,12-15H2,1-6H3,(H,25,29)(H2,26,27,31)/t17?,19-,21?/m1/s1. The van der Waals surface area contributed by atoms with Crippen molar-refractivity contribution >= 4 is 17.8 Å². The second-order valence-electron chi connectivity index (χ2n) is 10.2. The Bertz CT molecular complexity index is 721. The number of nitrogens with zero attached hydrogens (tertiary/aromatic N) is 1. The van der Waals surface area contributed by atoms with Crippen LogP contribution in [-0.4, -0.2) is 54.5 Å². The van der Waals surface area contributed by atoms with E-state index in [-0.39, 0.29) is 24.4 Å². The van der Waals surface area contributed by atoms with Crippen LogP contribution in [-0.2, 0) is 9.59 Å². The molecule has 4 amide bonds. The molecule has 2 aliphatic rings. The quantitative estimate of drug-likeness (QED) is 0.578. The van der Waals surface area contributed by atoms with Crippen molar-refractivity contribution in [2.45, 2.75) is 72.9 Å². The van der Waals surface area contributed by atoms with Gasteiger partial charge in [0.1, 0.15) is 6.04 Å². The number of rotatable bonds is 7. The van der Waals surface area contributed by atoms with Gasteiger partial charge in [0.2, 0.25) is 11.8 Å². The molecule has 2 rings (SSSR count). The molecular formula is C24H40N4O3. The number of amides is 4. The first-order chi connectivity index (χ1) is 14.5. The first-order valence-electron chi connectivity index (χ1n) is 11.5. The molecule has 0 aromatic rings. The lowest BCUT2D eigenvalue weighted by atomic mass is 9.85. The molecule has 174 valence electrons. The molecule has 1 fully saturated rings. The molecular weight excluding hydrogens is 392 g/mol. The van der Waals surface area contributed by atoms with Gasteiger partial charge in [-0.15, -0.1) is 0 Å². The summed E-state index contributed by atoms with van der Waals surface area (Å²) in [6.45, 7) is 13.3. The average molecular weight is 433 g/mol. The third-order valence-electron chi connectivity index (χ3n) is 6.19. The van der Waals surface area contributed by atoms with Crippen LogP contribution in [0.3, 0.4) is 0 Å². The maximum Gasteiger partial charge on any atom is 0.315 e. The monoisotopic (exact) mass is 432 g/mol. The minimum absolute atomic E-state index is 0.0567. The van der Waals surface area contributed by atoms with Crippen molar-refractivity contribution in [3.63, 3.8) is 0 Å². The Kier molecular flexibility index (Phi) is 8.71. The number of urea groups is 1. The van der Waals surface area contributed by atoms with Gasteiger partial charge in [0.05, 0.1) is 6.54 Å². The molecule has 1 aliphatic carbocycles. The fourth-order valence-corrected chi connectivity index (χ4v) is 4.08. The topological polar surface area (TPSA) is 90.5 Å². The van der Waals surface area contributed by atoms with E-state index in [9.17, 15) is 14.4 Å². The van der Waals surface area contributed by atoms with Crippen LogP contribution in [0.25, 0.3) is 0 Å². The fraction of sp³-hybridized carbons (Fsp3) is 0.708. The molecule has 31 heavy (non-hydrogen) atoms. The number of carbonyl (C=O) groups is 3. The molecule has 1 saturated heterocycles. The van der Waals surface area contributed by atoms with Gasteiger partial charge >= 0.3 is 6.03 Å². The van der Waals surface area contributed by atoms with Gasteiger partial charge in [-0.2, -0.15) is 0 Å². The van der Waals surface area contributed by atoms with E-state index in [1.165, 1.54) is 0 Å². The number of carbonyl (C=O) groups excluding carboxylic acids is 3. The fourth-order valence-electron chi connectivity index (χ4n) is 4.08. The highest BCUT2D eigenvalue weighted by atomic mass is 16.2. The van der Waals surface area contributed by atoms with E-state index in [0.29, 0.717) is 18.4 Å². The molecule has 1 aliphatic heterocycles. The van der Waals surface area contributed by atoms with E-state index in [1.807, 2.05) is 31.7 Å². The smallest absolute Gasteiger partial charge is 0.315 e. The Morgan fingerprint density at radius 2 is 1.87 bits per heavy atom. The predicted octanol–water partition coefficient (Wildman–Crippen LogP) is 2.99. The first-order valence-corrected chi connectivity index (χ1v) is 11.5. The number of hydrogen-bond donors (Lipinski definition) is 3. The van der Waals surface area contributed by atoms with Gasteiger partial charge < -0.3 is 20.9 Å². The largest absolute Gasteiger partial charge is 0.351 e. The average Bonchev–Trinajstić information content (AvgIpc) is 3.10. The van der Waals surface area contributed by atoms with E-state index in [4.69, 9.17) is 0 Å². The molecule has 3 atom stereocenters. The van der Waals surface area contributed by atoms with E-state index in [1.54, 1.807) is 0 Å². The summed E-state index contributed by atoms with van der Waals surface area (Å²) in [5.41, 5.74) is 0.619. The minimum atomic E-state index is -0.665. The molecule has 2 unspecified atom stereocenters. The van der Waals surface area contributed by atoms with E-state index >= 15 is 0 Å². The number of hydrogen-bond acceptors (Lipinski definition) is 3. The summed E-state index contributed by atoms with van der Waals surface area (Å²) in [7, 11) is 0. The molecule has 0 radical (unpaired) electrons. The number of likely N-dealkylation sites (tertiary alicyclic amines) is 1. The van der Waals surface area contributed by atoms with Crippen molar-refractivity contribution in [2.75, 3.05) is 19.6 Å². The third-order valence-corrected chi connectivity index (χ3v) is 6.19. The predicted molar refractivity (Wildman–Crippen MR) is 123 cm³/mol. The lowest BCUT2D eigenvalue weighted by Gasteiger charge is -2.35. The van der Waals surface area contributed by atoms with Crippen molar-refractivity contribution in [3.05, 3.63) is 23.8 Å². The molecule has 7 nitrogen and oxygen atoms in total. The summed E-state index contributed by atoms with van der Waals surface area (Å²) in [6, 6.07) is -1.02. The van der Waals surface area contributed by atoms with Gasteiger partial charge in [-0.05, 0) is 49.0 Å². The Labute approximate surface area is 187 Å². The van der Waals surface area contributed by atoms with Gasteiger partial charge in [0.25, 0.3) is 0 Å². The SMILES string of the molecule is CC(C)[C@@H]1CC(C)N(C(=O)C(NC(=O)NCC(=O)NCC2=CCCC=C2)C(C)(C)C)C1. The maximum atomic E-state index is 13.3. The highest BCUT2D eigenvalue weighted by molar-refractivity contribution is 5.89. The molecule has 0 spiro atoms. The Hall–Kier alpha value is -2.31. The molecule has 1 heterocycles. The summed E-state index contributed by atoms with van der Waals surface area (Å²) in [5, 5.41) is 8.21. The minimum Gasteiger partial charge on any atom is -0.351 e. The summed E-state index contributed by atoms with van der Waals surface area (Å²) in [6.07, 6.45) is 9.19. The zero-order valence-corrected chi connectivity index (χ0v) is 20.0. The summed E-state index contributed by atoms with van der Waals surface area (Å²) >= 11 is 0. The lowest BCUT2D eigenvalue weighted by Crippen LogP contribution is -2.57. The highest BCUT2D eigenvalue weighted by Crippen LogP contribution is 2.31. The van der Waals surface area contributed by atoms with Crippen molar-refractivity contribution in [1.82, 2.24) is 20.9 Å². The van der Waals surface area contributed by atoms with Crippen LogP contribution >= 0.6 is 0 Å². The van der Waals surface area contributed by atoms with Crippen LogP contribution in [0.15, 0.2) is 23.8 Å². The van der Waals surface area contributed by atoms with E-state index in [2.05, 4.69) is 48.9 Å². The molecule has 0 bridgehead atoms. The summed E-state index contributed by atoms with van der Waals surface area (Å²) in [4.78, 5) is 39.8. The summed E-state index contributed by atoms with van der Waals surface area (Å²) < 4.78 is 0. The van der Waals surface area contributed by atoms with Crippen molar-refractivity contribution in [3.8, 4) is 0 Å². The van der Waals surface area contributed by atoms with Gasteiger partial charge in [-0.1, -0.05) is 52.8 Å². The van der Waals surface area contributed by atoms with Gasteiger partial charge in [0, 0.05) is 19.1 Å². The second-order valence-corrected chi connectivity index (χ2v) is 10.2. The van der Waals surface area contributed by atoms with Crippen LogP contribution in [0.4, 0.5) is 4.79 Å². The van der Waals surface area contributed by atoms with Gasteiger partial charge in [0.15, 0.2) is 0 Å². The number of allylic oxidation sites excluding steroid dienone is 2. The lowest BCUT2D eigenvalue weighted by molar-refractivity contribution is -0.136. The van der Waals surface area contributed by atoms with Crippen LogP contribution < -0.4 is 16.0 Å². The Balaban J connectivity index is 1.88. The van der Waals surface area contributed by atoms with E-state index < -0.39 is 17.5 Å². The Morgan fingerprint density at radius 3 is 2.42 bits per heavy atom. The molecule has 7 heteroatoms. The van der Waals surface area contributed by atoms with Crippen molar-refractivity contribution in [2.24, 2.45) is 17.3 Å². The number of nitrogens with one attached hydrogen (secondary N) is 3. The molecule has 0 saturated carbocycles. The normalized spacial score (nSPS) is 22.2. The van der Waals surface area contributed by atoms with Crippen LogP contribution in [0.2, 0.25) is 0 Å². The molecule has 0 aromatic carbocycles. The third kappa shape index (κ3) is 7.40. The van der Waals surface area contributed by atoms with E-state index in [0.717, 1.165) is 31.4 Å². The first kappa shape index (κ1) is 25.0. The maximum absolute atomic E-state index is 13.3. The van der Waals surface area contributed by atoms with Crippen molar-refractivity contribution < 1.29 is 14.4 Å².